The number of anilines is 2. The first kappa shape index (κ1) is 17.7. The zero-order valence-corrected chi connectivity index (χ0v) is 14.7. The maximum absolute atomic E-state index is 13.0. The molecule has 4 nitrogen and oxygen atoms in total. The quantitative estimate of drug-likeness (QED) is 0.845. The molecule has 126 valence electrons. The zero-order chi connectivity index (χ0) is 17.7. The Morgan fingerprint density at radius 2 is 1.58 bits per heavy atom. The summed E-state index contributed by atoms with van der Waals surface area (Å²) in [4.78, 5) is 27.3. The van der Waals surface area contributed by atoms with Gasteiger partial charge >= 0.3 is 0 Å². The number of nitrogens with one attached hydrogen (secondary N) is 1. The summed E-state index contributed by atoms with van der Waals surface area (Å²) in [5.41, 5.74) is 1.31. The van der Waals surface area contributed by atoms with Crippen LogP contribution in [-0.2, 0) is 9.59 Å². The molecule has 2 amide bonds. The number of benzene rings is 2. The standard InChI is InChI=1S/C20H24N2O2/c1-5-22(16-12-7-6-8-13-16)19(24)20(3,4)18(23)21-17-14-10-9-11-15(17)2/h6-14H,5H2,1-4H3,(H,21,23). The van der Waals surface area contributed by atoms with E-state index in [4.69, 9.17) is 0 Å². The molecule has 0 aliphatic heterocycles. The van der Waals surface area contributed by atoms with Gasteiger partial charge in [-0.3, -0.25) is 9.59 Å². The molecule has 0 fully saturated rings. The molecule has 0 bridgehead atoms. The van der Waals surface area contributed by atoms with Crippen molar-refractivity contribution in [2.45, 2.75) is 27.7 Å². The summed E-state index contributed by atoms with van der Waals surface area (Å²) in [5, 5.41) is 2.88. The molecule has 0 heterocycles. The van der Waals surface area contributed by atoms with Crippen molar-refractivity contribution < 1.29 is 9.59 Å². The summed E-state index contributed by atoms with van der Waals surface area (Å²) < 4.78 is 0. The van der Waals surface area contributed by atoms with Crippen LogP contribution in [0.1, 0.15) is 26.3 Å². The van der Waals surface area contributed by atoms with Gasteiger partial charge in [-0.15, -0.1) is 0 Å². The summed E-state index contributed by atoms with van der Waals surface area (Å²) in [6.07, 6.45) is 0. The first-order chi connectivity index (χ1) is 11.4. The van der Waals surface area contributed by atoms with Crippen LogP contribution in [0, 0.1) is 12.3 Å². The summed E-state index contributed by atoms with van der Waals surface area (Å²) >= 11 is 0. The van der Waals surface area contributed by atoms with E-state index in [1.165, 1.54) is 0 Å². The molecule has 2 aromatic carbocycles. The minimum Gasteiger partial charge on any atom is -0.325 e. The molecule has 0 aliphatic carbocycles. The first-order valence-corrected chi connectivity index (χ1v) is 8.12. The molecule has 0 aliphatic rings. The Bertz CT molecular complexity index is 723. The normalized spacial score (nSPS) is 11.0. The number of aryl methyl sites for hydroxylation is 1. The SMILES string of the molecule is CCN(C(=O)C(C)(C)C(=O)Nc1ccccc1C)c1ccccc1. The number of amides is 2. The number of hydrogen-bond donors (Lipinski definition) is 1. The number of rotatable bonds is 5. The maximum Gasteiger partial charge on any atom is 0.242 e. The van der Waals surface area contributed by atoms with Gasteiger partial charge < -0.3 is 10.2 Å². The highest BCUT2D eigenvalue weighted by Gasteiger charge is 2.39. The highest BCUT2D eigenvalue weighted by Crippen LogP contribution is 2.26. The van der Waals surface area contributed by atoms with Crippen molar-refractivity contribution in [3.05, 3.63) is 60.2 Å². The molecule has 24 heavy (non-hydrogen) atoms. The van der Waals surface area contributed by atoms with E-state index in [0.717, 1.165) is 16.9 Å². The van der Waals surface area contributed by atoms with Crippen LogP contribution < -0.4 is 10.2 Å². The Kier molecular flexibility index (Phi) is 5.39. The van der Waals surface area contributed by atoms with Crippen molar-refractivity contribution in [2.24, 2.45) is 5.41 Å². The van der Waals surface area contributed by atoms with Crippen molar-refractivity contribution in [3.63, 3.8) is 0 Å². The van der Waals surface area contributed by atoms with Gasteiger partial charge in [0.2, 0.25) is 11.8 Å². The van der Waals surface area contributed by atoms with Gasteiger partial charge in [-0.1, -0.05) is 36.4 Å². The van der Waals surface area contributed by atoms with E-state index in [0.29, 0.717) is 6.54 Å². The molecule has 2 rings (SSSR count). The molecule has 0 unspecified atom stereocenters. The first-order valence-electron chi connectivity index (χ1n) is 8.12. The minimum absolute atomic E-state index is 0.220. The van der Waals surface area contributed by atoms with Gasteiger partial charge in [0, 0.05) is 17.9 Å². The van der Waals surface area contributed by atoms with Crippen LogP contribution in [0.15, 0.2) is 54.6 Å². The van der Waals surface area contributed by atoms with Crippen LogP contribution in [0.2, 0.25) is 0 Å². The van der Waals surface area contributed by atoms with Gasteiger partial charge in [-0.25, -0.2) is 0 Å². The van der Waals surface area contributed by atoms with Crippen LogP contribution in [0.5, 0.6) is 0 Å². The Hall–Kier alpha value is -2.62. The third-order valence-electron chi connectivity index (χ3n) is 4.12. The van der Waals surface area contributed by atoms with E-state index < -0.39 is 5.41 Å². The second-order valence-electron chi connectivity index (χ2n) is 6.28. The van der Waals surface area contributed by atoms with Gasteiger partial charge in [-0.2, -0.15) is 0 Å². The highest BCUT2D eigenvalue weighted by atomic mass is 16.2. The average molecular weight is 324 g/mol. The van der Waals surface area contributed by atoms with E-state index in [1.54, 1.807) is 18.7 Å². The molecule has 0 saturated carbocycles. The third-order valence-corrected chi connectivity index (χ3v) is 4.12. The lowest BCUT2D eigenvalue weighted by Crippen LogP contribution is -2.47. The van der Waals surface area contributed by atoms with Gasteiger partial charge in [0.25, 0.3) is 0 Å². The van der Waals surface area contributed by atoms with Crippen molar-refractivity contribution >= 4 is 23.2 Å². The average Bonchev–Trinajstić information content (AvgIpc) is 2.58. The van der Waals surface area contributed by atoms with E-state index >= 15 is 0 Å². The van der Waals surface area contributed by atoms with Crippen LogP contribution in [0.3, 0.4) is 0 Å². The van der Waals surface area contributed by atoms with Crippen molar-refractivity contribution in [3.8, 4) is 0 Å². The van der Waals surface area contributed by atoms with E-state index in [1.807, 2.05) is 68.4 Å². The van der Waals surface area contributed by atoms with Crippen LogP contribution in [-0.4, -0.2) is 18.4 Å². The maximum atomic E-state index is 13.0. The summed E-state index contributed by atoms with van der Waals surface area (Å²) in [5.74, 6) is -0.529. The fraction of sp³-hybridized carbons (Fsp3) is 0.300. The predicted octanol–water partition coefficient (Wildman–Crippen LogP) is 4.01. The predicted molar refractivity (Wildman–Crippen MR) is 98.1 cm³/mol. The molecule has 0 spiro atoms. The smallest absolute Gasteiger partial charge is 0.242 e. The number of carbonyl (C=O) groups is 2. The molecule has 2 aromatic rings. The number of nitrogens with zero attached hydrogens (tertiary/aromatic N) is 1. The van der Waals surface area contributed by atoms with E-state index in [9.17, 15) is 9.59 Å². The van der Waals surface area contributed by atoms with Crippen LogP contribution in [0.4, 0.5) is 11.4 Å². The molecule has 0 aromatic heterocycles. The van der Waals surface area contributed by atoms with Crippen molar-refractivity contribution in [1.29, 1.82) is 0 Å². The van der Waals surface area contributed by atoms with E-state index in [-0.39, 0.29) is 11.8 Å². The third kappa shape index (κ3) is 3.65. The molecule has 0 saturated heterocycles. The molecule has 0 radical (unpaired) electrons. The number of para-hydroxylation sites is 2. The van der Waals surface area contributed by atoms with Crippen molar-refractivity contribution in [2.75, 3.05) is 16.8 Å². The highest BCUT2D eigenvalue weighted by molar-refractivity contribution is 6.14. The fourth-order valence-corrected chi connectivity index (χ4v) is 2.48. The van der Waals surface area contributed by atoms with Crippen molar-refractivity contribution in [1.82, 2.24) is 0 Å². The Morgan fingerprint density at radius 3 is 2.17 bits per heavy atom. The second-order valence-corrected chi connectivity index (χ2v) is 6.28. The Morgan fingerprint density at radius 1 is 1.00 bits per heavy atom. The van der Waals surface area contributed by atoms with E-state index in [2.05, 4.69) is 5.32 Å². The van der Waals surface area contributed by atoms with Gasteiger partial charge in [0.1, 0.15) is 5.41 Å². The topological polar surface area (TPSA) is 49.4 Å². The Labute approximate surface area is 143 Å². The second kappa shape index (κ2) is 7.30. The zero-order valence-electron chi connectivity index (χ0n) is 14.7. The van der Waals surface area contributed by atoms with Gasteiger partial charge in [-0.05, 0) is 51.5 Å². The number of carbonyl (C=O) groups excluding carboxylic acids is 2. The fourth-order valence-electron chi connectivity index (χ4n) is 2.48. The molecular formula is C20H24N2O2. The Balaban J connectivity index is 2.23. The molecular weight excluding hydrogens is 300 g/mol. The van der Waals surface area contributed by atoms with Gasteiger partial charge in [0.15, 0.2) is 0 Å². The molecule has 4 heteroatoms. The van der Waals surface area contributed by atoms with Crippen LogP contribution >= 0.6 is 0 Å². The molecule has 1 N–H and O–H groups in total. The summed E-state index contributed by atoms with van der Waals surface area (Å²) in [7, 11) is 0. The largest absolute Gasteiger partial charge is 0.325 e. The summed E-state index contributed by atoms with van der Waals surface area (Å²) in [6, 6.07) is 16.9. The van der Waals surface area contributed by atoms with Crippen LogP contribution in [0.25, 0.3) is 0 Å². The minimum atomic E-state index is -1.17. The van der Waals surface area contributed by atoms with Gasteiger partial charge in [0.05, 0.1) is 0 Å². The lowest BCUT2D eigenvalue weighted by atomic mass is 9.89. The lowest BCUT2D eigenvalue weighted by molar-refractivity contribution is -0.136. The molecule has 0 atom stereocenters. The number of hydrogen-bond acceptors (Lipinski definition) is 2. The lowest BCUT2D eigenvalue weighted by Gasteiger charge is -2.30. The summed E-state index contributed by atoms with van der Waals surface area (Å²) in [6.45, 7) is 7.65. The monoisotopic (exact) mass is 324 g/mol.